The van der Waals surface area contributed by atoms with E-state index < -0.39 is 0 Å². The lowest BCUT2D eigenvalue weighted by atomic mass is 9.96. The second-order valence-electron chi connectivity index (χ2n) is 17.8. The molecule has 15 aromatic rings. The summed E-state index contributed by atoms with van der Waals surface area (Å²) < 4.78 is 18.0. The SMILES string of the molecule is c1ccc(-c2nc(-c3ccc(-c4cccc5c4oc4ccccc45)cc3)nc(-c3cccc4oc5ccc(-c6cccc7sc8cccc(-n9c%10ccccc%10c%10ccccc%109)c8c67)cc5c34)n2)cc1. The van der Waals surface area contributed by atoms with E-state index in [4.69, 9.17) is 23.8 Å². The van der Waals surface area contributed by atoms with Gasteiger partial charge in [-0.25, -0.2) is 15.0 Å². The Labute approximate surface area is 404 Å². The summed E-state index contributed by atoms with van der Waals surface area (Å²) in [6.45, 7) is 0. The molecule has 0 radical (unpaired) electrons. The molecule has 7 heteroatoms. The first-order valence-electron chi connectivity index (χ1n) is 23.4. The van der Waals surface area contributed by atoms with E-state index in [9.17, 15) is 0 Å². The van der Waals surface area contributed by atoms with Crippen LogP contribution in [0.2, 0.25) is 0 Å². The average Bonchev–Trinajstić information content (AvgIpc) is 4.20. The number of rotatable bonds is 6. The van der Waals surface area contributed by atoms with Gasteiger partial charge in [-0.1, -0.05) is 164 Å². The van der Waals surface area contributed by atoms with Gasteiger partial charge < -0.3 is 13.4 Å². The van der Waals surface area contributed by atoms with E-state index in [0.717, 1.165) is 77.3 Å². The quantitative estimate of drug-likeness (QED) is 0.166. The van der Waals surface area contributed by atoms with Crippen LogP contribution in [0.4, 0.5) is 0 Å². The lowest BCUT2D eigenvalue weighted by Crippen LogP contribution is -2.00. The largest absolute Gasteiger partial charge is 0.456 e. The van der Waals surface area contributed by atoms with Crippen molar-refractivity contribution in [1.29, 1.82) is 0 Å². The maximum atomic E-state index is 6.65. The van der Waals surface area contributed by atoms with Crippen LogP contribution in [0.5, 0.6) is 0 Å². The van der Waals surface area contributed by atoms with E-state index in [2.05, 4.69) is 168 Å². The zero-order valence-electron chi connectivity index (χ0n) is 37.3. The van der Waals surface area contributed by atoms with Crippen LogP contribution in [0.3, 0.4) is 0 Å². The number of nitrogens with zero attached hydrogens (tertiary/aromatic N) is 4. The third kappa shape index (κ3) is 5.89. The molecule has 6 nitrogen and oxygen atoms in total. The first kappa shape index (κ1) is 38.9. The van der Waals surface area contributed by atoms with Gasteiger partial charge in [-0.3, -0.25) is 0 Å². The minimum absolute atomic E-state index is 0.570. The molecule has 0 saturated carbocycles. The van der Waals surface area contributed by atoms with E-state index in [1.165, 1.54) is 53.2 Å². The third-order valence-electron chi connectivity index (χ3n) is 13.9. The molecule has 0 spiro atoms. The van der Waals surface area contributed by atoms with E-state index >= 15 is 0 Å². The van der Waals surface area contributed by atoms with Crippen LogP contribution >= 0.6 is 11.3 Å². The summed E-state index contributed by atoms with van der Waals surface area (Å²) in [6.07, 6.45) is 0. The van der Waals surface area contributed by atoms with Gasteiger partial charge in [-0.2, -0.15) is 0 Å². The van der Waals surface area contributed by atoms with Gasteiger partial charge in [0.25, 0.3) is 0 Å². The normalized spacial score (nSPS) is 12.0. The molecule has 326 valence electrons. The molecule has 0 aliphatic carbocycles. The Kier molecular flexibility index (Phi) is 8.43. The highest BCUT2D eigenvalue weighted by atomic mass is 32.1. The summed E-state index contributed by atoms with van der Waals surface area (Å²) in [5.74, 6) is 1.75. The van der Waals surface area contributed by atoms with Gasteiger partial charge >= 0.3 is 0 Å². The number of benzene rings is 10. The van der Waals surface area contributed by atoms with Gasteiger partial charge in [0.1, 0.15) is 22.3 Å². The van der Waals surface area contributed by atoms with Crippen LogP contribution in [0, 0.1) is 0 Å². The maximum absolute atomic E-state index is 6.65. The molecule has 5 aromatic heterocycles. The number of fused-ring (bicyclic) bond motifs is 12. The Morgan fingerprint density at radius 2 is 0.886 bits per heavy atom. The number of thiophene rings is 1. The van der Waals surface area contributed by atoms with Crippen molar-refractivity contribution in [2.45, 2.75) is 0 Å². The molecule has 70 heavy (non-hydrogen) atoms. The minimum atomic E-state index is 0.570. The number of furan rings is 2. The number of hydrogen-bond donors (Lipinski definition) is 0. The molecule has 0 aliphatic rings. The Balaban J connectivity index is 0.894. The van der Waals surface area contributed by atoms with E-state index in [1.807, 2.05) is 65.9 Å². The summed E-state index contributed by atoms with van der Waals surface area (Å²) in [7, 11) is 0. The first-order chi connectivity index (χ1) is 34.7. The highest BCUT2D eigenvalue weighted by Crippen LogP contribution is 2.46. The molecular weight excluding hydrogens is 877 g/mol. The van der Waals surface area contributed by atoms with Crippen molar-refractivity contribution < 1.29 is 8.83 Å². The van der Waals surface area contributed by atoms with Crippen LogP contribution in [0.15, 0.2) is 227 Å². The topological polar surface area (TPSA) is 69.9 Å². The summed E-state index contributed by atoms with van der Waals surface area (Å²) in [6, 6.07) is 76.7. The minimum Gasteiger partial charge on any atom is -0.456 e. The van der Waals surface area contributed by atoms with Crippen molar-refractivity contribution in [2.75, 3.05) is 0 Å². The number of hydrogen-bond acceptors (Lipinski definition) is 6. The first-order valence-corrected chi connectivity index (χ1v) is 24.2. The lowest BCUT2D eigenvalue weighted by Gasteiger charge is -2.12. The summed E-state index contributed by atoms with van der Waals surface area (Å²) in [5, 5.41) is 9.13. The average molecular weight is 913 g/mol. The van der Waals surface area contributed by atoms with Crippen molar-refractivity contribution in [2.24, 2.45) is 0 Å². The van der Waals surface area contributed by atoms with E-state index in [1.54, 1.807) is 0 Å². The highest BCUT2D eigenvalue weighted by molar-refractivity contribution is 7.26. The summed E-state index contributed by atoms with van der Waals surface area (Å²) in [5.41, 5.74) is 13.9. The van der Waals surface area contributed by atoms with Crippen molar-refractivity contribution in [3.05, 3.63) is 218 Å². The predicted molar refractivity (Wildman–Crippen MR) is 289 cm³/mol. The molecule has 5 heterocycles. The fourth-order valence-corrected chi connectivity index (χ4v) is 11.9. The summed E-state index contributed by atoms with van der Waals surface area (Å²) in [4.78, 5) is 15.6. The molecule has 0 amide bonds. The zero-order valence-corrected chi connectivity index (χ0v) is 38.1. The Morgan fingerprint density at radius 1 is 0.329 bits per heavy atom. The fourth-order valence-electron chi connectivity index (χ4n) is 10.8. The predicted octanol–water partition coefficient (Wildman–Crippen LogP) is 17.5. The van der Waals surface area contributed by atoms with Crippen LogP contribution in [-0.4, -0.2) is 19.5 Å². The maximum Gasteiger partial charge on any atom is 0.164 e. The molecule has 0 saturated heterocycles. The van der Waals surface area contributed by atoms with Gasteiger partial charge in [0.15, 0.2) is 17.5 Å². The molecule has 0 N–H and O–H groups in total. The highest BCUT2D eigenvalue weighted by Gasteiger charge is 2.22. The van der Waals surface area contributed by atoms with Crippen LogP contribution < -0.4 is 0 Å². The van der Waals surface area contributed by atoms with Crippen molar-refractivity contribution in [3.63, 3.8) is 0 Å². The second kappa shape index (κ2) is 15.2. The van der Waals surface area contributed by atoms with Gasteiger partial charge in [0.05, 0.1) is 16.7 Å². The molecular formula is C63H36N4O2S. The molecule has 0 atom stereocenters. The standard InChI is InChI=1S/C63H36N4O2S/c1-2-14-38(15-3-1)61-64-62(39-32-30-37(31-33-39)42-20-10-21-46-45-18-6-9-26-52(45)69-60(42)46)66-63(65-61)47-22-11-27-54-57(47)48-36-40(34-35-53(48)68-54)41-19-12-28-55-58(41)59-51(25-13-29-56(59)70-55)67-49-23-7-4-16-43(49)44-17-5-8-24-50(44)67/h1-36H. The van der Waals surface area contributed by atoms with Crippen LogP contribution in [-0.2, 0) is 0 Å². The Hall–Kier alpha value is -9.17. The molecule has 10 aromatic carbocycles. The lowest BCUT2D eigenvalue weighted by molar-refractivity contribution is 0.669. The van der Waals surface area contributed by atoms with Gasteiger partial charge in [-0.05, 0) is 71.3 Å². The monoisotopic (exact) mass is 912 g/mol. The smallest absolute Gasteiger partial charge is 0.164 e. The molecule has 15 rings (SSSR count). The number of para-hydroxylation sites is 4. The molecule has 0 bridgehead atoms. The van der Waals surface area contributed by atoms with Crippen molar-refractivity contribution in [3.8, 4) is 62.1 Å². The zero-order chi connectivity index (χ0) is 45.9. The summed E-state index contributed by atoms with van der Waals surface area (Å²) >= 11 is 1.84. The van der Waals surface area contributed by atoms with Crippen LogP contribution in [0.1, 0.15) is 0 Å². The number of aromatic nitrogens is 4. The Morgan fingerprint density at radius 3 is 1.69 bits per heavy atom. The van der Waals surface area contributed by atoms with Gasteiger partial charge in [-0.15, -0.1) is 11.3 Å². The van der Waals surface area contributed by atoms with Crippen LogP contribution in [0.25, 0.3) is 148 Å². The van der Waals surface area contributed by atoms with Gasteiger partial charge in [0, 0.05) is 74.7 Å². The molecule has 0 aliphatic heterocycles. The second-order valence-corrected chi connectivity index (χ2v) is 18.9. The Bertz CT molecular complexity index is 4550. The molecule has 0 fully saturated rings. The molecule has 0 unspecified atom stereocenters. The van der Waals surface area contributed by atoms with Gasteiger partial charge in [0.2, 0.25) is 0 Å². The fraction of sp³-hybridized carbons (Fsp3) is 0. The van der Waals surface area contributed by atoms with E-state index in [0.29, 0.717) is 17.5 Å². The third-order valence-corrected chi connectivity index (χ3v) is 15.0. The van der Waals surface area contributed by atoms with Crippen molar-refractivity contribution in [1.82, 2.24) is 19.5 Å². The van der Waals surface area contributed by atoms with Crippen molar-refractivity contribution >= 4 is 97.2 Å². The van der Waals surface area contributed by atoms with E-state index in [-0.39, 0.29) is 0 Å².